The van der Waals surface area contributed by atoms with Crippen molar-refractivity contribution in [3.05, 3.63) is 32.8 Å². The highest BCUT2D eigenvalue weighted by atomic mass is 35.5. The number of hydrogen-bond donors (Lipinski definition) is 1. The van der Waals surface area contributed by atoms with Crippen molar-refractivity contribution in [2.45, 2.75) is 38.0 Å². The van der Waals surface area contributed by atoms with Gasteiger partial charge in [-0.1, -0.05) is 34.8 Å². The minimum absolute atomic E-state index is 0.279. The van der Waals surface area contributed by atoms with E-state index in [1.165, 1.54) is 6.42 Å². The molecule has 0 bridgehead atoms. The SMILES string of the molecule is COC1CCCC1NCc1c(Cl)ccc(Cl)c1Cl. The molecule has 5 heteroatoms. The molecule has 0 aliphatic heterocycles. The van der Waals surface area contributed by atoms with Crippen molar-refractivity contribution in [3.8, 4) is 0 Å². The van der Waals surface area contributed by atoms with E-state index in [2.05, 4.69) is 5.32 Å². The molecule has 0 amide bonds. The van der Waals surface area contributed by atoms with E-state index in [4.69, 9.17) is 39.5 Å². The van der Waals surface area contributed by atoms with Crippen LogP contribution in [-0.4, -0.2) is 19.3 Å². The van der Waals surface area contributed by atoms with Gasteiger partial charge in [0, 0.05) is 30.3 Å². The molecule has 2 nitrogen and oxygen atoms in total. The van der Waals surface area contributed by atoms with Crippen molar-refractivity contribution >= 4 is 34.8 Å². The van der Waals surface area contributed by atoms with E-state index in [0.29, 0.717) is 27.7 Å². The Morgan fingerprint density at radius 3 is 2.67 bits per heavy atom. The third kappa shape index (κ3) is 3.12. The van der Waals surface area contributed by atoms with Crippen molar-refractivity contribution in [3.63, 3.8) is 0 Å². The van der Waals surface area contributed by atoms with Crippen LogP contribution in [0.25, 0.3) is 0 Å². The number of benzene rings is 1. The molecular weight excluding hydrogens is 293 g/mol. The lowest BCUT2D eigenvalue weighted by Gasteiger charge is -2.20. The smallest absolute Gasteiger partial charge is 0.0724 e. The summed E-state index contributed by atoms with van der Waals surface area (Å²) >= 11 is 18.3. The molecule has 18 heavy (non-hydrogen) atoms. The Morgan fingerprint density at radius 1 is 1.22 bits per heavy atom. The van der Waals surface area contributed by atoms with E-state index >= 15 is 0 Å². The quantitative estimate of drug-likeness (QED) is 0.837. The number of rotatable bonds is 4. The fourth-order valence-electron chi connectivity index (χ4n) is 2.41. The summed E-state index contributed by atoms with van der Waals surface area (Å²) in [6.07, 6.45) is 3.69. The molecule has 2 atom stereocenters. The van der Waals surface area contributed by atoms with Gasteiger partial charge in [-0.2, -0.15) is 0 Å². The van der Waals surface area contributed by atoms with Crippen LogP contribution < -0.4 is 5.32 Å². The van der Waals surface area contributed by atoms with Crippen molar-refractivity contribution in [1.29, 1.82) is 0 Å². The molecule has 1 fully saturated rings. The highest BCUT2D eigenvalue weighted by Gasteiger charge is 2.26. The lowest BCUT2D eigenvalue weighted by molar-refractivity contribution is 0.0847. The third-order valence-electron chi connectivity index (χ3n) is 3.44. The Balaban J connectivity index is 2.04. The summed E-state index contributed by atoms with van der Waals surface area (Å²) in [5.74, 6) is 0. The average Bonchev–Trinajstić information content (AvgIpc) is 2.81. The van der Waals surface area contributed by atoms with Crippen molar-refractivity contribution in [2.24, 2.45) is 0 Å². The minimum Gasteiger partial charge on any atom is -0.380 e. The molecule has 1 N–H and O–H groups in total. The summed E-state index contributed by atoms with van der Waals surface area (Å²) in [6.45, 7) is 0.614. The normalized spacial score (nSPS) is 23.6. The Kier molecular flexibility index (Phi) is 5.16. The molecule has 1 aromatic rings. The summed E-state index contributed by atoms with van der Waals surface area (Å²) in [7, 11) is 1.75. The van der Waals surface area contributed by atoms with Crippen LogP contribution in [0, 0.1) is 0 Å². The van der Waals surface area contributed by atoms with Gasteiger partial charge >= 0.3 is 0 Å². The molecule has 1 saturated carbocycles. The second-order valence-electron chi connectivity index (χ2n) is 4.51. The van der Waals surface area contributed by atoms with E-state index in [1.807, 2.05) is 0 Å². The van der Waals surface area contributed by atoms with Crippen LogP contribution in [-0.2, 0) is 11.3 Å². The highest BCUT2D eigenvalue weighted by molar-refractivity contribution is 6.44. The number of hydrogen-bond acceptors (Lipinski definition) is 2. The first-order valence-electron chi connectivity index (χ1n) is 6.02. The lowest BCUT2D eigenvalue weighted by Crippen LogP contribution is -2.36. The largest absolute Gasteiger partial charge is 0.380 e. The third-order valence-corrected chi connectivity index (χ3v) is 4.63. The monoisotopic (exact) mass is 307 g/mol. The predicted molar refractivity (Wildman–Crippen MR) is 76.7 cm³/mol. The van der Waals surface area contributed by atoms with Gasteiger partial charge in [-0.15, -0.1) is 0 Å². The topological polar surface area (TPSA) is 21.3 Å². The van der Waals surface area contributed by atoms with E-state index in [1.54, 1.807) is 19.2 Å². The highest BCUT2D eigenvalue weighted by Crippen LogP contribution is 2.32. The molecule has 0 spiro atoms. The Morgan fingerprint density at radius 2 is 1.94 bits per heavy atom. The summed E-state index contributed by atoms with van der Waals surface area (Å²) in [4.78, 5) is 0. The van der Waals surface area contributed by atoms with Crippen LogP contribution in [0.1, 0.15) is 24.8 Å². The van der Waals surface area contributed by atoms with E-state index in [9.17, 15) is 0 Å². The molecule has 1 aliphatic rings. The van der Waals surface area contributed by atoms with Crippen LogP contribution in [0.15, 0.2) is 12.1 Å². The van der Waals surface area contributed by atoms with Crippen LogP contribution in [0.4, 0.5) is 0 Å². The molecule has 2 unspecified atom stereocenters. The Labute approximate surface area is 123 Å². The van der Waals surface area contributed by atoms with Gasteiger partial charge in [0.15, 0.2) is 0 Å². The first-order valence-corrected chi connectivity index (χ1v) is 7.15. The molecular formula is C13H16Cl3NO. The lowest BCUT2D eigenvalue weighted by atomic mass is 10.1. The first-order chi connectivity index (χ1) is 8.63. The molecule has 0 saturated heterocycles. The van der Waals surface area contributed by atoms with Crippen LogP contribution in [0.3, 0.4) is 0 Å². The minimum atomic E-state index is 0.279. The van der Waals surface area contributed by atoms with E-state index in [-0.39, 0.29) is 6.10 Å². The van der Waals surface area contributed by atoms with Crippen LogP contribution in [0.2, 0.25) is 15.1 Å². The predicted octanol–water partition coefficient (Wildman–Crippen LogP) is 4.30. The van der Waals surface area contributed by atoms with Gasteiger partial charge in [-0.25, -0.2) is 0 Å². The zero-order valence-corrected chi connectivity index (χ0v) is 12.4. The zero-order valence-electron chi connectivity index (χ0n) is 10.2. The maximum atomic E-state index is 6.17. The number of ether oxygens (including phenoxy) is 1. The van der Waals surface area contributed by atoms with Gasteiger partial charge < -0.3 is 10.1 Å². The Hall–Kier alpha value is 0.01000. The van der Waals surface area contributed by atoms with Gasteiger partial charge in [0.2, 0.25) is 0 Å². The van der Waals surface area contributed by atoms with Crippen molar-refractivity contribution in [1.82, 2.24) is 5.32 Å². The maximum absolute atomic E-state index is 6.17. The maximum Gasteiger partial charge on any atom is 0.0724 e. The fraction of sp³-hybridized carbons (Fsp3) is 0.538. The number of nitrogens with one attached hydrogen (secondary N) is 1. The molecule has 1 aliphatic carbocycles. The number of halogens is 3. The summed E-state index contributed by atoms with van der Waals surface area (Å²) in [6, 6.07) is 3.85. The van der Waals surface area contributed by atoms with Gasteiger partial charge in [0.25, 0.3) is 0 Å². The Bertz CT molecular complexity index is 425. The second-order valence-corrected chi connectivity index (χ2v) is 5.71. The molecule has 1 aromatic carbocycles. The van der Waals surface area contributed by atoms with E-state index < -0.39 is 0 Å². The molecule has 0 heterocycles. The first kappa shape index (κ1) is 14.4. The van der Waals surface area contributed by atoms with Gasteiger partial charge in [-0.05, 0) is 31.4 Å². The average molecular weight is 309 g/mol. The summed E-state index contributed by atoms with van der Waals surface area (Å²) < 4.78 is 5.44. The summed E-state index contributed by atoms with van der Waals surface area (Å²) in [5.41, 5.74) is 0.854. The van der Waals surface area contributed by atoms with E-state index in [0.717, 1.165) is 18.4 Å². The standard InChI is InChI=1S/C13H16Cl3NO/c1-18-12-4-2-3-11(12)17-7-8-9(14)5-6-10(15)13(8)16/h5-6,11-12,17H,2-4,7H2,1H3. The van der Waals surface area contributed by atoms with Crippen molar-refractivity contribution < 1.29 is 4.74 Å². The van der Waals surface area contributed by atoms with Gasteiger partial charge in [-0.3, -0.25) is 0 Å². The second kappa shape index (κ2) is 6.44. The molecule has 0 aromatic heterocycles. The molecule has 0 radical (unpaired) electrons. The fourth-order valence-corrected chi connectivity index (χ4v) is 3.09. The van der Waals surface area contributed by atoms with Crippen LogP contribution in [0.5, 0.6) is 0 Å². The molecule has 2 rings (SSSR count). The van der Waals surface area contributed by atoms with Gasteiger partial charge in [0.1, 0.15) is 0 Å². The summed E-state index contributed by atoms with van der Waals surface area (Å²) in [5, 5.41) is 5.16. The van der Waals surface area contributed by atoms with Gasteiger partial charge in [0.05, 0.1) is 16.1 Å². The van der Waals surface area contributed by atoms with Crippen LogP contribution >= 0.6 is 34.8 Å². The van der Waals surface area contributed by atoms with Crippen molar-refractivity contribution in [2.75, 3.05) is 7.11 Å². The number of methoxy groups -OCH3 is 1. The molecule has 100 valence electrons. The zero-order chi connectivity index (χ0) is 13.1.